The lowest BCUT2D eigenvalue weighted by Crippen LogP contribution is -1.88. The summed E-state index contributed by atoms with van der Waals surface area (Å²) in [6, 6.07) is 20.1. The van der Waals surface area contributed by atoms with Gasteiger partial charge in [0.15, 0.2) is 11.7 Å². The van der Waals surface area contributed by atoms with E-state index in [1.807, 2.05) is 60.7 Å². The highest BCUT2D eigenvalue weighted by molar-refractivity contribution is 5.76. The lowest BCUT2D eigenvalue weighted by molar-refractivity contribution is 0.494. The molecule has 2 aromatic carbocycles. The number of nitrogens with zero attached hydrogens (tertiary/aromatic N) is 4. The predicted molar refractivity (Wildman–Crippen MR) is 94.3 cm³/mol. The summed E-state index contributed by atoms with van der Waals surface area (Å²) in [6.07, 6.45) is 2.43. The van der Waals surface area contributed by atoms with E-state index in [1.54, 1.807) is 0 Å². The van der Waals surface area contributed by atoms with E-state index in [0.717, 1.165) is 41.8 Å². The average molecular weight is 318 g/mol. The van der Waals surface area contributed by atoms with Gasteiger partial charge in [-0.3, -0.25) is 0 Å². The second kappa shape index (κ2) is 7.99. The summed E-state index contributed by atoms with van der Waals surface area (Å²) in [5, 5.41) is 3.55. The highest BCUT2D eigenvalue weighted by Gasteiger charge is 2.16. The molecule has 0 fully saturated rings. The van der Waals surface area contributed by atoms with Crippen LogP contribution in [-0.4, -0.2) is 11.5 Å². The lowest BCUT2D eigenvalue weighted by Gasteiger charge is -2.00. The Balaban J connectivity index is 1.87. The quantitative estimate of drug-likeness (QED) is 0.244. The van der Waals surface area contributed by atoms with Crippen LogP contribution in [0, 0.1) is 0 Å². The van der Waals surface area contributed by atoms with Crippen LogP contribution in [0.5, 0.6) is 0 Å². The third kappa shape index (κ3) is 3.83. The van der Waals surface area contributed by atoms with Crippen molar-refractivity contribution in [2.45, 2.75) is 19.3 Å². The molecule has 0 aliphatic carbocycles. The van der Waals surface area contributed by atoms with E-state index < -0.39 is 0 Å². The van der Waals surface area contributed by atoms with Gasteiger partial charge in [-0.05, 0) is 18.4 Å². The molecule has 0 N–H and O–H groups in total. The molecule has 0 aliphatic rings. The van der Waals surface area contributed by atoms with Crippen molar-refractivity contribution in [3.8, 4) is 22.6 Å². The van der Waals surface area contributed by atoms with Crippen LogP contribution in [0.15, 0.2) is 70.2 Å². The van der Waals surface area contributed by atoms with Crippen molar-refractivity contribution in [1.29, 1.82) is 0 Å². The van der Waals surface area contributed by atoms with Crippen molar-refractivity contribution in [3.63, 3.8) is 0 Å². The first kappa shape index (κ1) is 15.8. The van der Waals surface area contributed by atoms with Crippen molar-refractivity contribution >= 4 is 0 Å². The van der Waals surface area contributed by atoms with E-state index in [2.05, 4.69) is 10.0 Å². The summed E-state index contributed by atoms with van der Waals surface area (Å²) < 4.78 is 6.05. The zero-order valence-corrected chi connectivity index (χ0v) is 13.3. The molecular formula is C19H18N4O. The van der Waals surface area contributed by atoms with Crippen LogP contribution in [-0.2, 0) is 6.42 Å². The van der Waals surface area contributed by atoms with Crippen molar-refractivity contribution in [1.82, 2.24) is 4.98 Å². The molecule has 0 spiro atoms. The average Bonchev–Trinajstić information content (AvgIpc) is 3.07. The minimum atomic E-state index is 0.508. The van der Waals surface area contributed by atoms with Gasteiger partial charge in [0.2, 0.25) is 0 Å². The van der Waals surface area contributed by atoms with Gasteiger partial charge in [0.1, 0.15) is 5.69 Å². The number of benzene rings is 2. The van der Waals surface area contributed by atoms with Crippen molar-refractivity contribution in [3.05, 3.63) is 77.0 Å². The van der Waals surface area contributed by atoms with Gasteiger partial charge in [-0.15, -0.1) is 0 Å². The molecule has 3 rings (SSSR count). The second-order valence-electron chi connectivity index (χ2n) is 5.43. The monoisotopic (exact) mass is 318 g/mol. The molecule has 0 radical (unpaired) electrons. The Kier molecular flexibility index (Phi) is 5.28. The number of hydrogen-bond donors (Lipinski definition) is 0. The zero-order chi connectivity index (χ0) is 16.6. The van der Waals surface area contributed by atoms with Crippen LogP contribution in [0.2, 0.25) is 0 Å². The van der Waals surface area contributed by atoms with Crippen LogP contribution in [0.3, 0.4) is 0 Å². The molecule has 5 nitrogen and oxygen atoms in total. The van der Waals surface area contributed by atoms with Crippen LogP contribution in [0.1, 0.15) is 18.7 Å². The number of unbranched alkanes of at least 4 members (excludes halogenated alkanes) is 1. The fourth-order valence-corrected chi connectivity index (χ4v) is 2.55. The SMILES string of the molecule is [N-]=[N+]=NCCCCc1nc(-c2ccccc2)c(-c2ccccc2)o1. The van der Waals surface area contributed by atoms with Gasteiger partial charge >= 0.3 is 0 Å². The fourth-order valence-electron chi connectivity index (χ4n) is 2.55. The third-order valence-corrected chi connectivity index (χ3v) is 3.72. The number of azide groups is 1. The van der Waals surface area contributed by atoms with Crippen molar-refractivity contribution in [2.24, 2.45) is 5.11 Å². The topological polar surface area (TPSA) is 74.8 Å². The molecular weight excluding hydrogens is 300 g/mol. The Labute approximate surface area is 140 Å². The van der Waals surface area contributed by atoms with Gasteiger partial charge in [0.25, 0.3) is 0 Å². The standard InChI is InChI=1S/C19H18N4O/c20-23-21-14-8-7-13-17-22-18(15-9-3-1-4-10-15)19(24-17)16-11-5-2-6-12-16/h1-6,9-12H,7-8,13-14H2. The van der Waals surface area contributed by atoms with Crippen LogP contribution in [0.25, 0.3) is 33.0 Å². The molecule has 0 saturated heterocycles. The largest absolute Gasteiger partial charge is 0.440 e. The minimum Gasteiger partial charge on any atom is -0.440 e. The number of hydrogen-bond acceptors (Lipinski definition) is 3. The maximum absolute atomic E-state index is 8.30. The smallest absolute Gasteiger partial charge is 0.195 e. The van der Waals surface area contributed by atoms with E-state index in [1.165, 1.54) is 0 Å². The van der Waals surface area contributed by atoms with E-state index in [4.69, 9.17) is 14.9 Å². The number of aromatic nitrogens is 1. The van der Waals surface area contributed by atoms with Gasteiger partial charge in [-0.25, -0.2) is 4.98 Å². The number of rotatable bonds is 7. The number of oxazole rings is 1. The van der Waals surface area contributed by atoms with E-state index in [-0.39, 0.29) is 0 Å². The molecule has 0 unspecified atom stereocenters. The maximum atomic E-state index is 8.30. The van der Waals surface area contributed by atoms with E-state index >= 15 is 0 Å². The molecule has 0 atom stereocenters. The highest BCUT2D eigenvalue weighted by Crippen LogP contribution is 2.32. The van der Waals surface area contributed by atoms with Crippen LogP contribution >= 0.6 is 0 Å². The van der Waals surface area contributed by atoms with Gasteiger partial charge in [0, 0.05) is 29.0 Å². The zero-order valence-electron chi connectivity index (χ0n) is 13.3. The molecule has 24 heavy (non-hydrogen) atoms. The number of aryl methyl sites for hydroxylation is 1. The Hall–Kier alpha value is -3.04. The highest BCUT2D eigenvalue weighted by atomic mass is 16.4. The first-order valence-electron chi connectivity index (χ1n) is 8.00. The van der Waals surface area contributed by atoms with E-state index in [0.29, 0.717) is 12.4 Å². The molecule has 0 bridgehead atoms. The Bertz CT molecular complexity index is 764. The predicted octanol–water partition coefficient (Wildman–Crippen LogP) is 5.64. The van der Waals surface area contributed by atoms with Gasteiger partial charge in [-0.2, -0.15) is 0 Å². The van der Waals surface area contributed by atoms with Crippen LogP contribution in [0.4, 0.5) is 0 Å². The summed E-state index contributed by atoms with van der Waals surface area (Å²) in [4.78, 5) is 7.47. The van der Waals surface area contributed by atoms with Crippen molar-refractivity contribution in [2.75, 3.05) is 6.54 Å². The normalized spacial score (nSPS) is 10.3. The van der Waals surface area contributed by atoms with Crippen LogP contribution < -0.4 is 0 Å². The summed E-state index contributed by atoms with van der Waals surface area (Å²) in [7, 11) is 0. The summed E-state index contributed by atoms with van der Waals surface area (Å²) in [6.45, 7) is 0.508. The molecule has 1 aromatic heterocycles. The van der Waals surface area contributed by atoms with Crippen molar-refractivity contribution < 1.29 is 4.42 Å². The first-order chi connectivity index (χ1) is 11.9. The van der Waals surface area contributed by atoms with Gasteiger partial charge < -0.3 is 4.42 Å². The van der Waals surface area contributed by atoms with Gasteiger partial charge in [-0.1, -0.05) is 65.8 Å². The second-order valence-corrected chi connectivity index (χ2v) is 5.43. The molecule has 0 aliphatic heterocycles. The minimum absolute atomic E-state index is 0.508. The Morgan fingerprint density at radius 2 is 1.58 bits per heavy atom. The summed E-state index contributed by atoms with van der Waals surface area (Å²) in [5.41, 5.74) is 11.2. The molecule has 0 amide bonds. The molecule has 1 heterocycles. The molecule has 5 heteroatoms. The maximum Gasteiger partial charge on any atom is 0.195 e. The Morgan fingerprint density at radius 3 is 2.25 bits per heavy atom. The third-order valence-electron chi connectivity index (χ3n) is 3.72. The summed E-state index contributed by atoms with van der Waals surface area (Å²) in [5.74, 6) is 1.51. The van der Waals surface area contributed by atoms with E-state index in [9.17, 15) is 0 Å². The van der Waals surface area contributed by atoms with Gasteiger partial charge in [0.05, 0.1) is 0 Å². The lowest BCUT2D eigenvalue weighted by atomic mass is 10.1. The fraction of sp³-hybridized carbons (Fsp3) is 0.211. The molecule has 0 saturated carbocycles. The summed E-state index contributed by atoms with van der Waals surface area (Å²) >= 11 is 0. The molecule has 3 aromatic rings. The molecule has 120 valence electrons. The first-order valence-corrected chi connectivity index (χ1v) is 8.00. The Morgan fingerprint density at radius 1 is 0.917 bits per heavy atom.